The quantitative estimate of drug-likeness (QED) is 0.423. The zero-order valence-corrected chi connectivity index (χ0v) is 10.7. The minimum Gasteiger partial charge on any atom is -0.394 e. The lowest BCUT2D eigenvalue weighted by Gasteiger charge is -2.18. The maximum absolute atomic E-state index is 11.6. The molecule has 3 N–H and O–H groups in total. The Bertz CT molecular complexity index is 636. The lowest BCUT2D eigenvalue weighted by atomic mass is 10.3. The lowest BCUT2D eigenvalue weighted by molar-refractivity contribution is -0.131. The Kier molecular flexibility index (Phi) is 5.86. The Morgan fingerprint density at radius 3 is 2.75 bits per heavy atom. The number of aromatic nitrogens is 2. The van der Waals surface area contributed by atoms with E-state index in [4.69, 9.17) is 14.9 Å². The van der Waals surface area contributed by atoms with Gasteiger partial charge in [-0.05, 0) is 6.92 Å². The van der Waals surface area contributed by atoms with Crippen molar-refractivity contribution >= 4 is 6.29 Å². The number of H-pyrrole nitrogens is 1. The van der Waals surface area contributed by atoms with Gasteiger partial charge in [0.1, 0.15) is 12.2 Å². The third-order valence-electron chi connectivity index (χ3n) is 2.29. The number of aliphatic hydroxyl groups is 2. The SMILES string of the molecule is C[C@H](CO)O[C@@H](C=O)n1cc(C#CCO)c(=O)[nH]c1=O. The molecule has 0 bridgehead atoms. The number of nitrogens with one attached hydrogen (secondary N) is 1. The molecule has 2 atom stereocenters. The molecule has 1 aromatic rings. The van der Waals surface area contributed by atoms with Gasteiger partial charge in [-0.1, -0.05) is 11.8 Å². The van der Waals surface area contributed by atoms with Crippen LogP contribution in [-0.2, 0) is 9.53 Å². The average molecular weight is 282 g/mol. The molecule has 0 aliphatic rings. The maximum Gasteiger partial charge on any atom is 0.330 e. The van der Waals surface area contributed by atoms with E-state index in [1.807, 2.05) is 4.98 Å². The first-order valence-electron chi connectivity index (χ1n) is 5.70. The summed E-state index contributed by atoms with van der Waals surface area (Å²) in [6, 6.07) is 0. The summed E-state index contributed by atoms with van der Waals surface area (Å²) in [7, 11) is 0. The fourth-order valence-electron chi connectivity index (χ4n) is 1.34. The molecule has 0 aromatic carbocycles. The second-order valence-electron chi connectivity index (χ2n) is 3.83. The van der Waals surface area contributed by atoms with Crippen LogP contribution in [0, 0.1) is 11.8 Å². The molecule has 8 nitrogen and oxygen atoms in total. The van der Waals surface area contributed by atoms with Gasteiger partial charge in [0.05, 0.1) is 12.7 Å². The highest BCUT2D eigenvalue weighted by Crippen LogP contribution is 2.06. The van der Waals surface area contributed by atoms with E-state index in [1.54, 1.807) is 0 Å². The summed E-state index contributed by atoms with van der Waals surface area (Å²) in [6.07, 6.45) is -0.547. The molecule has 1 rings (SSSR count). The number of hydrogen-bond donors (Lipinski definition) is 3. The third kappa shape index (κ3) is 3.89. The van der Waals surface area contributed by atoms with Crippen LogP contribution in [0.15, 0.2) is 15.8 Å². The maximum atomic E-state index is 11.6. The number of rotatable bonds is 5. The van der Waals surface area contributed by atoms with Gasteiger partial charge in [-0.2, -0.15) is 0 Å². The Hall–Kier alpha value is -2.21. The van der Waals surface area contributed by atoms with Gasteiger partial charge in [0.25, 0.3) is 5.56 Å². The number of hydrogen-bond acceptors (Lipinski definition) is 6. The van der Waals surface area contributed by atoms with Crippen molar-refractivity contribution in [1.29, 1.82) is 0 Å². The van der Waals surface area contributed by atoms with Gasteiger partial charge < -0.3 is 14.9 Å². The molecule has 0 aliphatic carbocycles. The fourth-order valence-corrected chi connectivity index (χ4v) is 1.34. The van der Waals surface area contributed by atoms with Crippen molar-refractivity contribution in [3.63, 3.8) is 0 Å². The van der Waals surface area contributed by atoms with E-state index in [0.29, 0.717) is 6.29 Å². The van der Waals surface area contributed by atoms with Crippen LogP contribution in [0.1, 0.15) is 18.7 Å². The number of carbonyl (C=O) groups is 1. The van der Waals surface area contributed by atoms with Crippen LogP contribution in [0.3, 0.4) is 0 Å². The number of aldehydes is 1. The molecule has 1 heterocycles. The van der Waals surface area contributed by atoms with Crippen molar-refractivity contribution in [3.8, 4) is 11.8 Å². The highest BCUT2D eigenvalue weighted by atomic mass is 16.5. The Labute approximate surface area is 113 Å². The second-order valence-corrected chi connectivity index (χ2v) is 3.83. The first kappa shape index (κ1) is 15.8. The molecule has 0 unspecified atom stereocenters. The van der Waals surface area contributed by atoms with Crippen LogP contribution < -0.4 is 11.2 Å². The lowest BCUT2D eigenvalue weighted by Crippen LogP contribution is -2.36. The van der Waals surface area contributed by atoms with Crippen LogP contribution in [0.25, 0.3) is 0 Å². The Morgan fingerprint density at radius 1 is 1.50 bits per heavy atom. The molecule has 0 fully saturated rings. The fraction of sp³-hybridized carbons (Fsp3) is 0.417. The highest BCUT2D eigenvalue weighted by molar-refractivity contribution is 5.53. The second kappa shape index (κ2) is 7.40. The molecule has 0 saturated carbocycles. The van der Waals surface area contributed by atoms with Gasteiger partial charge in [-0.25, -0.2) is 4.79 Å². The van der Waals surface area contributed by atoms with E-state index < -0.39 is 30.2 Å². The van der Waals surface area contributed by atoms with E-state index in [-0.39, 0.29) is 12.2 Å². The van der Waals surface area contributed by atoms with E-state index >= 15 is 0 Å². The van der Waals surface area contributed by atoms with Crippen LogP contribution in [0.2, 0.25) is 0 Å². The van der Waals surface area contributed by atoms with Gasteiger partial charge in [-0.3, -0.25) is 19.1 Å². The van der Waals surface area contributed by atoms with Crippen molar-refractivity contribution in [2.75, 3.05) is 13.2 Å². The van der Waals surface area contributed by atoms with E-state index in [0.717, 1.165) is 10.8 Å². The minimum atomic E-state index is -1.30. The molecular formula is C12H14N2O6. The molecule has 20 heavy (non-hydrogen) atoms. The van der Waals surface area contributed by atoms with Gasteiger partial charge in [-0.15, -0.1) is 0 Å². The molecule has 1 aromatic heterocycles. The predicted molar refractivity (Wildman–Crippen MR) is 68.0 cm³/mol. The van der Waals surface area contributed by atoms with E-state index in [2.05, 4.69) is 11.8 Å². The summed E-state index contributed by atoms with van der Waals surface area (Å²) in [6.45, 7) is 0.729. The van der Waals surface area contributed by atoms with Crippen LogP contribution in [0.5, 0.6) is 0 Å². The zero-order valence-electron chi connectivity index (χ0n) is 10.7. The molecular weight excluding hydrogens is 268 g/mol. The summed E-state index contributed by atoms with van der Waals surface area (Å²) < 4.78 is 5.99. The molecule has 0 amide bonds. The molecule has 0 spiro atoms. The average Bonchev–Trinajstić information content (AvgIpc) is 2.44. The highest BCUT2D eigenvalue weighted by Gasteiger charge is 2.16. The summed E-state index contributed by atoms with van der Waals surface area (Å²) in [5.41, 5.74) is -1.66. The monoisotopic (exact) mass is 282 g/mol. The standard InChI is InChI=1S/C12H14N2O6/c1-8(6-16)20-10(7-17)14-5-9(3-2-4-15)11(18)13-12(14)19/h5,7-8,10,15-16H,4,6H2,1H3,(H,13,18,19)/t8-,10+/m1/s1. The molecule has 108 valence electrons. The normalized spacial score (nSPS) is 13.2. The number of nitrogens with zero attached hydrogens (tertiary/aromatic N) is 1. The van der Waals surface area contributed by atoms with Gasteiger partial charge in [0.2, 0.25) is 0 Å². The summed E-state index contributed by atoms with van der Waals surface area (Å²) in [4.78, 5) is 36.1. The minimum absolute atomic E-state index is 0.0919. The largest absolute Gasteiger partial charge is 0.394 e. The molecule has 0 aliphatic heterocycles. The predicted octanol–water partition coefficient (Wildman–Crippen LogP) is -2.02. The number of aromatic amines is 1. The van der Waals surface area contributed by atoms with E-state index in [9.17, 15) is 14.4 Å². The van der Waals surface area contributed by atoms with Crippen molar-refractivity contribution in [2.45, 2.75) is 19.3 Å². The first-order chi connectivity index (χ1) is 9.53. The van der Waals surface area contributed by atoms with Gasteiger partial charge in [0.15, 0.2) is 12.5 Å². The Morgan fingerprint density at radius 2 is 2.20 bits per heavy atom. The van der Waals surface area contributed by atoms with Crippen molar-refractivity contribution in [2.24, 2.45) is 0 Å². The topological polar surface area (TPSA) is 122 Å². The van der Waals surface area contributed by atoms with Crippen molar-refractivity contribution < 1.29 is 19.7 Å². The third-order valence-corrected chi connectivity index (χ3v) is 2.29. The number of aliphatic hydroxyl groups excluding tert-OH is 2. The van der Waals surface area contributed by atoms with Gasteiger partial charge in [0, 0.05) is 6.20 Å². The molecule has 0 saturated heterocycles. The van der Waals surface area contributed by atoms with Crippen molar-refractivity contribution in [1.82, 2.24) is 9.55 Å². The summed E-state index contributed by atoms with van der Waals surface area (Å²) in [5, 5.41) is 17.5. The zero-order chi connectivity index (χ0) is 15.1. The number of ether oxygens (including phenoxy) is 1. The Balaban J connectivity index is 3.25. The van der Waals surface area contributed by atoms with Crippen LogP contribution in [-0.4, -0.2) is 45.4 Å². The van der Waals surface area contributed by atoms with E-state index in [1.165, 1.54) is 6.92 Å². The van der Waals surface area contributed by atoms with Crippen LogP contribution >= 0.6 is 0 Å². The molecule has 0 radical (unpaired) electrons. The van der Waals surface area contributed by atoms with Crippen LogP contribution in [0.4, 0.5) is 0 Å². The smallest absolute Gasteiger partial charge is 0.330 e. The number of carbonyl (C=O) groups excluding carboxylic acids is 1. The first-order valence-corrected chi connectivity index (χ1v) is 5.70. The van der Waals surface area contributed by atoms with Gasteiger partial charge >= 0.3 is 5.69 Å². The van der Waals surface area contributed by atoms with Crippen molar-refractivity contribution in [3.05, 3.63) is 32.6 Å². The summed E-state index contributed by atoms with van der Waals surface area (Å²) in [5.74, 6) is 4.61. The summed E-state index contributed by atoms with van der Waals surface area (Å²) >= 11 is 0. The molecule has 8 heteroatoms.